The normalized spacial score (nSPS) is 11.6. The van der Waals surface area contributed by atoms with Gasteiger partial charge in [0.1, 0.15) is 0 Å². The largest absolute Gasteiger partial charge is 0.264 e. The molecule has 0 bridgehead atoms. The van der Waals surface area contributed by atoms with Crippen LogP contribution in [0.25, 0.3) is 10.2 Å². The van der Waals surface area contributed by atoms with Crippen LogP contribution in [0, 0.1) is 5.92 Å². The molecule has 64 valence electrons. The Balaban J connectivity index is 2.40. The van der Waals surface area contributed by atoms with Crippen molar-refractivity contribution in [2.24, 2.45) is 5.92 Å². The van der Waals surface area contributed by atoms with Crippen LogP contribution in [0.3, 0.4) is 0 Å². The third-order valence-corrected chi connectivity index (χ3v) is 2.64. The molecule has 0 aliphatic carbocycles. The second-order valence-electron chi connectivity index (χ2n) is 3.39. The van der Waals surface area contributed by atoms with Crippen molar-refractivity contribution in [2.75, 3.05) is 0 Å². The van der Waals surface area contributed by atoms with Gasteiger partial charge in [-0.15, -0.1) is 11.3 Å². The molecule has 0 unspecified atom stereocenters. The highest BCUT2D eigenvalue weighted by molar-refractivity contribution is 7.17. The van der Waals surface area contributed by atoms with Crippen molar-refractivity contribution in [3.63, 3.8) is 0 Å². The van der Waals surface area contributed by atoms with Crippen molar-refractivity contribution in [3.8, 4) is 0 Å². The molecule has 2 nitrogen and oxygen atoms in total. The Morgan fingerprint density at radius 1 is 1.58 bits per heavy atom. The van der Waals surface area contributed by atoms with Crippen LogP contribution in [0.2, 0.25) is 0 Å². The molecule has 0 aromatic carbocycles. The summed E-state index contributed by atoms with van der Waals surface area (Å²) < 4.78 is 3.37. The van der Waals surface area contributed by atoms with Crippen molar-refractivity contribution >= 4 is 21.6 Å². The molecule has 2 aromatic heterocycles. The summed E-state index contributed by atoms with van der Waals surface area (Å²) in [6.07, 6.45) is 1.95. The second-order valence-corrected chi connectivity index (χ2v) is 4.34. The van der Waals surface area contributed by atoms with Gasteiger partial charge in [0.05, 0.1) is 16.4 Å². The van der Waals surface area contributed by atoms with E-state index in [-0.39, 0.29) is 0 Å². The van der Waals surface area contributed by atoms with Crippen molar-refractivity contribution in [1.29, 1.82) is 0 Å². The lowest BCUT2D eigenvalue weighted by molar-refractivity contribution is 0.495. The van der Waals surface area contributed by atoms with Gasteiger partial charge in [0, 0.05) is 6.54 Å². The maximum Gasteiger partial charge on any atom is 0.0790 e. The molecular formula is C9H12N2S. The van der Waals surface area contributed by atoms with Gasteiger partial charge in [-0.3, -0.25) is 4.68 Å². The Morgan fingerprint density at radius 2 is 2.42 bits per heavy atom. The highest BCUT2D eigenvalue weighted by Crippen LogP contribution is 2.20. The Kier molecular flexibility index (Phi) is 1.89. The molecule has 3 heteroatoms. The highest BCUT2D eigenvalue weighted by atomic mass is 32.1. The van der Waals surface area contributed by atoms with Gasteiger partial charge in [0.15, 0.2) is 0 Å². The lowest BCUT2D eigenvalue weighted by Gasteiger charge is -2.04. The molecule has 12 heavy (non-hydrogen) atoms. The second kappa shape index (κ2) is 2.90. The summed E-state index contributed by atoms with van der Waals surface area (Å²) >= 11 is 1.75. The zero-order chi connectivity index (χ0) is 8.55. The van der Waals surface area contributed by atoms with Gasteiger partial charge in [0.2, 0.25) is 0 Å². The summed E-state index contributed by atoms with van der Waals surface area (Å²) in [7, 11) is 0. The predicted octanol–water partition coefficient (Wildman–Crippen LogP) is 2.75. The SMILES string of the molecule is CC(C)Cn1ncc2sccc21. The van der Waals surface area contributed by atoms with E-state index in [0.29, 0.717) is 5.92 Å². The fourth-order valence-corrected chi connectivity index (χ4v) is 2.05. The molecule has 0 N–H and O–H groups in total. The van der Waals surface area contributed by atoms with E-state index in [0.717, 1.165) is 6.54 Å². The van der Waals surface area contributed by atoms with E-state index in [1.165, 1.54) is 10.2 Å². The van der Waals surface area contributed by atoms with E-state index in [2.05, 4.69) is 35.1 Å². The Labute approximate surface area is 75.8 Å². The quantitative estimate of drug-likeness (QED) is 0.695. The first-order valence-electron chi connectivity index (χ1n) is 4.16. The smallest absolute Gasteiger partial charge is 0.0790 e. The van der Waals surface area contributed by atoms with Gasteiger partial charge in [-0.1, -0.05) is 13.8 Å². The Bertz CT molecular complexity index is 372. The zero-order valence-corrected chi connectivity index (χ0v) is 8.14. The fraction of sp³-hybridized carbons (Fsp3) is 0.444. The molecule has 2 aromatic rings. The van der Waals surface area contributed by atoms with E-state index >= 15 is 0 Å². The number of hydrogen-bond donors (Lipinski definition) is 0. The van der Waals surface area contributed by atoms with E-state index in [1.807, 2.05) is 6.20 Å². The maximum atomic E-state index is 4.32. The number of thiophene rings is 1. The van der Waals surface area contributed by atoms with Gasteiger partial charge in [0.25, 0.3) is 0 Å². The van der Waals surface area contributed by atoms with E-state index < -0.39 is 0 Å². The first kappa shape index (κ1) is 7.80. The van der Waals surface area contributed by atoms with Gasteiger partial charge in [-0.25, -0.2) is 0 Å². The molecule has 0 aliphatic rings. The average Bonchev–Trinajstić information content (AvgIpc) is 2.52. The fourth-order valence-electron chi connectivity index (χ4n) is 1.30. The number of nitrogens with zero attached hydrogens (tertiary/aromatic N) is 2. The maximum absolute atomic E-state index is 4.32. The van der Waals surface area contributed by atoms with E-state index in [4.69, 9.17) is 0 Å². The number of hydrogen-bond acceptors (Lipinski definition) is 2. The van der Waals surface area contributed by atoms with Crippen molar-refractivity contribution < 1.29 is 0 Å². The van der Waals surface area contributed by atoms with Gasteiger partial charge in [-0.05, 0) is 17.4 Å². The van der Waals surface area contributed by atoms with Crippen molar-refractivity contribution in [2.45, 2.75) is 20.4 Å². The molecule has 0 spiro atoms. The molecule has 0 radical (unpaired) electrons. The first-order valence-corrected chi connectivity index (χ1v) is 5.04. The van der Waals surface area contributed by atoms with Crippen LogP contribution in [0.15, 0.2) is 17.6 Å². The molecule has 0 fully saturated rings. The van der Waals surface area contributed by atoms with Crippen LogP contribution in [0.1, 0.15) is 13.8 Å². The molecule has 2 rings (SSSR count). The minimum absolute atomic E-state index is 0.660. The monoisotopic (exact) mass is 180 g/mol. The molecule has 0 aliphatic heterocycles. The third-order valence-electron chi connectivity index (χ3n) is 1.80. The molecular weight excluding hydrogens is 168 g/mol. The highest BCUT2D eigenvalue weighted by Gasteiger charge is 2.03. The first-order chi connectivity index (χ1) is 5.77. The Hall–Kier alpha value is -0.830. The minimum Gasteiger partial charge on any atom is -0.264 e. The topological polar surface area (TPSA) is 17.8 Å². The van der Waals surface area contributed by atoms with E-state index in [1.54, 1.807) is 11.3 Å². The lowest BCUT2D eigenvalue weighted by Crippen LogP contribution is -2.04. The summed E-state index contributed by atoms with van der Waals surface area (Å²) in [4.78, 5) is 0. The zero-order valence-electron chi connectivity index (χ0n) is 7.32. The standard InChI is InChI=1S/C9H12N2S/c1-7(2)6-11-8-3-4-12-9(8)5-10-11/h3-5,7H,6H2,1-2H3. The van der Waals surface area contributed by atoms with Gasteiger partial charge >= 0.3 is 0 Å². The van der Waals surface area contributed by atoms with Crippen LogP contribution < -0.4 is 0 Å². The van der Waals surface area contributed by atoms with Crippen LogP contribution in [-0.4, -0.2) is 9.78 Å². The summed E-state index contributed by atoms with van der Waals surface area (Å²) in [5.41, 5.74) is 1.27. The molecule has 0 saturated carbocycles. The van der Waals surface area contributed by atoms with Gasteiger partial charge in [-0.2, -0.15) is 5.10 Å². The minimum atomic E-state index is 0.660. The van der Waals surface area contributed by atoms with E-state index in [9.17, 15) is 0 Å². The average molecular weight is 180 g/mol. The third kappa shape index (κ3) is 1.25. The molecule has 0 amide bonds. The van der Waals surface area contributed by atoms with Crippen LogP contribution in [-0.2, 0) is 6.54 Å². The van der Waals surface area contributed by atoms with Gasteiger partial charge < -0.3 is 0 Å². The summed E-state index contributed by atoms with van der Waals surface area (Å²) in [5.74, 6) is 0.660. The van der Waals surface area contributed by atoms with Crippen molar-refractivity contribution in [1.82, 2.24) is 9.78 Å². The van der Waals surface area contributed by atoms with Crippen LogP contribution in [0.5, 0.6) is 0 Å². The van der Waals surface area contributed by atoms with Crippen LogP contribution >= 0.6 is 11.3 Å². The molecule has 0 saturated heterocycles. The predicted molar refractivity (Wildman–Crippen MR) is 52.4 cm³/mol. The Morgan fingerprint density at radius 3 is 3.17 bits per heavy atom. The summed E-state index contributed by atoms with van der Waals surface area (Å²) in [6.45, 7) is 5.43. The number of rotatable bonds is 2. The number of aromatic nitrogens is 2. The lowest BCUT2D eigenvalue weighted by atomic mass is 10.2. The summed E-state index contributed by atoms with van der Waals surface area (Å²) in [6, 6.07) is 2.13. The summed E-state index contributed by atoms with van der Waals surface area (Å²) in [5, 5.41) is 6.44. The number of fused-ring (bicyclic) bond motifs is 1. The van der Waals surface area contributed by atoms with Crippen LogP contribution in [0.4, 0.5) is 0 Å². The molecule has 2 heterocycles. The molecule has 0 atom stereocenters. The van der Waals surface area contributed by atoms with Crippen molar-refractivity contribution in [3.05, 3.63) is 17.6 Å².